The molecule has 1 amide bonds. The normalized spacial score (nSPS) is 14.2. The molecule has 8 heteroatoms. The summed E-state index contributed by atoms with van der Waals surface area (Å²) in [5.41, 5.74) is 1.12. The number of carbonyl (C=O) groups is 1. The Morgan fingerprint density at radius 2 is 1.83 bits per heavy atom. The van der Waals surface area contributed by atoms with Crippen LogP contribution < -0.4 is 9.64 Å². The minimum absolute atomic E-state index is 0.196. The molecule has 0 N–H and O–H groups in total. The number of hydrogen-bond acceptors (Lipinski definition) is 6. The Balaban J connectivity index is 1.43. The summed E-state index contributed by atoms with van der Waals surface area (Å²) in [5.74, 6) is 0.619. The van der Waals surface area contributed by atoms with E-state index < -0.39 is 0 Å². The second kappa shape index (κ2) is 10.9. The lowest BCUT2D eigenvalue weighted by molar-refractivity contribution is 0.0376. The number of para-hydroxylation sites is 2. The third kappa shape index (κ3) is 5.67. The van der Waals surface area contributed by atoms with Crippen LogP contribution in [-0.2, 0) is 4.74 Å². The number of anilines is 1. The van der Waals surface area contributed by atoms with E-state index in [1.54, 1.807) is 23.1 Å². The molecule has 6 nitrogen and oxygen atoms in total. The molecule has 180 valence electrons. The van der Waals surface area contributed by atoms with Crippen molar-refractivity contribution in [1.29, 1.82) is 0 Å². The molecule has 5 rings (SSSR count). The van der Waals surface area contributed by atoms with Gasteiger partial charge in [-0.05, 0) is 48.9 Å². The number of nitrogens with zero attached hydrogens (tertiary/aromatic N) is 3. The molecule has 0 unspecified atom stereocenters. The van der Waals surface area contributed by atoms with Crippen molar-refractivity contribution in [3.05, 3.63) is 84.2 Å². The number of aromatic nitrogens is 1. The lowest BCUT2D eigenvalue weighted by Gasteiger charge is -2.28. The summed E-state index contributed by atoms with van der Waals surface area (Å²) in [5, 5.41) is 0.548. The van der Waals surface area contributed by atoms with Gasteiger partial charge in [-0.2, -0.15) is 0 Å². The van der Waals surface area contributed by atoms with Crippen molar-refractivity contribution in [2.45, 2.75) is 6.42 Å². The maximum Gasteiger partial charge on any atom is 0.263 e. The summed E-state index contributed by atoms with van der Waals surface area (Å²) in [6, 6.07) is 21.1. The summed E-state index contributed by atoms with van der Waals surface area (Å²) in [4.78, 5) is 22.6. The van der Waals surface area contributed by atoms with Gasteiger partial charge >= 0.3 is 0 Å². The molecular formula is C27H26FN3O3S. The third-order valence-electron chi connectivity index (χ3n) is 5.86. The number of rotatable bonds is 8. The summed E-state index contributed by atoms with van der Waals surface area (Å²) < 4.78 is 26.0. The molecule has 1 aromatic heterocycles. The first kappa shape index (κ1) is 23.4. The summed E-state index contributed by atoms with van der Waals surface area (Å²) in [6.45, 7) is 4.59. The number of carbonyl (C=O) groups excluding carboxylic acids is 1. The summed E-state index contributed by atoms with van der Waals surface area (Å²) in [7, 11) is 0. The zero-order valence-corrected chi connectivity index (χ0v) is 20.0. The average Bonchev–Trinajstić information content (AvgIpc) is 3.30. The predicted octanol–water partition coefficient (Wildman–Crippen LogP) is 5.60. The van der Waals surface area contributed by atoms with E-state index >= 15 is 0 Å². The smallest absolute Gasteiger partial charge is 0.263 e. The highest BCUT2D eigenvalue weighted by Gasteiger charge is 2.24. The fraction of sp³-hybridized carbons (Fsp3) is 0.259. The maximum absolute atomic E-state index is 13.9. The van der Waals surface area contributed by atoms with Crippen molar-refractivity contribution in [1.82, 2.24) is 9.88 Å². The van der Waals surface area contributed by atoms with Gasteiger partial charge < -0.3 is 9.47 Å². The predicted molar refractivity (Wildman–Crippen MR) is 136 cm³/mol. The van der Waals surface area contributed by atoms with Crippen LogP contribution in [0.1, 0.15) is 16.8 Å². The van der Waals surface area contributed by atoms with Gasteiger partial charge in [-0.15, -0.1) is 0 Å². The monoisotopic (exact) mass is 491 g/mol. The molecule has 0 atom stereocenters. The van der Waals surface area contributed by atoms with Gasteiger partial charge in [-0.3, -0.25) is 14.6 Å². The van der Waals surface area contributed by atoms with Gasteiger partial charge in [-0.25, -0.2) is 9.37 Å². The Hall–Kier alpha value is -3.33. The second-order valence-corrected chi connectivity index (χ2v) is 9.29. The van der Waals surface area contributed by atoms with Crippen LogP contribution in [0.3, 0.4) is 0 Å². The highest BCUT2D eigenvalue weighted by Crippen LogP contribution is 2.33. The Morgan fingerprint density at radius 3 is 2.66 bits per heavy atom. The van der Waals surface area contributed by atoms with E-state index in [-0.39, 0.29) is 11.7 Å². The van der Waals surface area contributed by atoms with Gasteiger partial charge in [0.15, 0.2) is 5.13 Å². The molecule has 2 heterocycles. The summed E-state index contributed by atoms with van der Waals surface area (Å²) in [6.07, 6.45) is 0.776. The van der Waals surface area contributed by atoms with E-state index in [0.29, 0.717) is 39.0 Å². The Labute approximate surface area is 207 Å². The van der Waals surface area contributed by atoms with Crippen LogP contribution in [0.25, 0.3) is 10.2 Å². The molecular weight excluding hydrogens is 465 g/mol. The molecule has 0 saturated carbocycles. The highest BCUT2D eigenvalue weighted by atomic mass is 32.1. The third-order valence-corrected chi connectivity index (χ3v) is 6.90. The lowest BCUT2D eigenvalue weighted by Crippen LogP contribution is -2.39. The van der Waals surface area contributed by atoms with E-state index in [4.69, 9.17) is 9.47 Å². The van der Waals surface area contributed by atoms with Gasteiger partial charge in [0.05, 0.1) is 29.0 Å². The van der Waals surface area contributed by atoms with Crippen LogP contribution in [0.4, 0.5) is 9.52 Å². The van der Waals surface area contributed by atoms with Gasteiger partial charge in [0.25, 0.3) is 5.91 Å². The number of amides is 1. The quantitative estimate of drug-likeness (QED) is 0.321. The van der Waals surface area contributed by atoms with Crippen molar-refractivity contribution in [3.8, 4) is 11.5 Å². The fourth-order valence-corrected chi connectivity index (χ4v) is 5.07. The highest BCUT2D eigenvalue weighted by molar-refractivity contribution is 7.22. The minimum atomic E-state index is -0.320. The number of hydrogen-bond donors (Lipinski definition) is 0. The zero-order valence-electron chi connectivity index (χ0n) is 19.2. The van der Waals surface area contributed by atoms with Crippen molar-refractivity contribution >= 4 is 32.6 Å². The van der Waals surface area contributed by atoms with Crippen LogP contribution in [0.5, 0.6) is 11.5 Å². The Morgan fingerprint density at radius 1 is 1.06 bits per heavy atom. The number of fused-ring (bicyclic) bond motifs is 1. The van der Waals surface area contributed by atoms with Gasteiger partial charge in [0.1, 0.15) is 17.3 Å². The van der Waals surface area contributed by atoms with Gasteiger partial charge in [0, 0.05) is 26.2 Å². The topological polar surface area (TPSA) is 54.9 Å². The molecule has 1 aliphatic heterocycles. The SMILES string of the molecule is O=C(c1ccccc1Oc1ccccc1)N(CCCN1CCOCC1)c1nc2ccc(F)cc2s1. The number of halogens is 1. The van der Waals surface area contributed by atoms with Gasteiger partial charge in [0.2, 0.25) is 0 Å². The van der Waals surface area contributed by atoms with E-state index in [9.17, 15) is 9.18 Å². The molecule has 0 radical (unpaired) electrons. The molecule has 1 aliphatic rings. The van der Waals surface area contributed by atoms with Crippen LogP contribution in [-0.4, -0.2) is 55.2 Å². The zero-order chi connectivity index (χ0) is 24.0. The standard InChI is InChI=1S/C27H26FN3O3S/c28-20-11-12-23-25(19-20)35-27(29-23)31(14-6-13-30-15-17-33-18-16-30)26(32)22-9-4-5-10-24(22)34-21-7-2-1-3-8-21/h1-5,7-12,19H,6,13-18H2. The summed E-state index contributed by atoms with van der Waals surface area (Å²) >= 11 is 1.32. The molecule has 0 aliphatic carbocycles. The van der Waals surface area contributed by atoms with Gasteiger partial charge in [-0.1, -0.05) is 41.7 Å². The minimum Gasteiger partial charge on any atom is -0.457 e. The van der Waals surface area contributed by atoms with Crippen molar-refractivity contribution in [3.63, 3.8) is 0 Å². The van der Waals surface area contributed by atoms with E-state index in [2.05, 4.69) is 9.88 Å². The van der Waals surface area contributed by atoms with Crippen molar-refractivity contribution in [2.75, 3.05) is 44.3 Å². The molecule has 0 bridgehead atoms. The van der Waals surface area contributed by atoms with Crippen LogP contribution in [0, 0.1) is 5.82 Å². The fourth-order valence-electron chi connectivity index (χ4n) is 4.06. The molecule has 1 fully saturated rings. The Kier molecular flexibility index (Phi) is 7.32. The first-order chi connectivity index (χ1) is 17.2. The molecule has 1 saturated heterocycles. The Bertz CT molecular complexity index is 1290. The molecule has 0 spiro atoms. The molecule has 4 aromatic rings. The number of benzene rings is 3. The van der Waals surface area contributed by atoms with E-state index in [1.165, 1.54) is 23.5 Å². The van der Waals surface area contributed by atoms with E-state index in [1.807, 2.05) is 42.5 Å². The maximum atomic E-state index is 13.9. The number of thiazole rings is 1. The lowest BCUT2D eigenvalue weighted by atomic mass is 10.1. The average molecular weight is 492 g/mol. The van der Waals surface area contributed by atoms with Crippen LogP contribution >= 0.6 is 11.3 Å². The first-order valence-electron chi connectivity index (χ1n) is 11.7. The van der Waals surface area contributed by atoms with Crippen LogP contribution in [0.2, 0.25) is 0 Å². The number of morpholine rings is 1. The largest absolute Gasteiger partial charge is 0.457 e. The van der Waals surface area contributed by atoms with Crippen LogP contribution in [0.15, 0.2) is 72.8 Å². The van der Waals surface area contributed by atoms with Crippen molar-refractivity contribution in [2.24, 2.45) is 0 Å². The number of ether oxygens (including phenoxy) is 2. The molecule has 35 heavy (non-hydrogen) atoms. The second-order valence-electron chi connectivity index (χ2n) is 8.28. The molecule has 3 aromatic carbocycles. The van der Waals surface area contributed by atoms with Crippen molar-refractivity contribution < 1.29 is 18.7 Å². The van der Waals surface area contributed by atoms with E-state index in [0.717, 1.165) is 39.3 Å². The first-order valence-corrected chi connectivity index (χ1v) is 12.5.